The highest BCUT2D eigenvalue weighted by Crippen LogP contribution is 2.38. The molecule has 3 heteroatoms. The molecule has 1 aromatic rings. The number of hydrogen-bond acceptors (Lipinski definition) is 2. The molecular formula is C16H22N2O. The summed E-state index contributed by atoms with van der Waals surface area (Å²) in [6.07, 6.45) is 3.21. The average Bonchev–Trinajstić information content (AvgIpc) is 2.72. The molecule has 2 aliphatic rings. The van der Waals surface area contributed by atoms with Crippen molar-refractivity contribution in [3.8, 4) is 0 Å². The van der Waals surface area contributed by atoms with Gasteiger partial charge in [-0.15, -0.1) is 0 Å². The molecular weight excluding hydrogens is 236 g/mol. The van der Waals surface area contributed by atoms with Crippen molar-refractivity contribution in [3.63, 3.8) is 0 Å². The highest BCUT2D eigenvalue weighted by Gasteiger charge is 2.46. The van der Waals surface area contributed by atoms with E-state index in [9.17, 15) is 4.79 Å². The van der Waals surface area contributed by atoms with Gasteiger partial charge in [0.2, 0.25) is 5.91 Å². The fourth-order valence-electron chi connectivity index (χ4n) is 3.32. The molecule has 1 N–H and O–H groups in total. The smallest absolute Gasteiger partial charge is 0.230 e. The van der Waals surface area contributed by atoms with Crippen molar-refractivity contribution < 1.29 is 4.79 Å². The molecule has 3 rings (SSSR count). The number of benzene rings is 1. The van der Waals surface area contributed by atoms with Gasteiger partial charge >= 0.3 is 0 Å². The van der Waals surface area contributed by atoms with Gasteiger partial charge in [-0.05, 0) is 38.3 Å². The van der Waals surface area contributed by atoms with Crippen molar-refractivity contribution in [2.45, 2.75) is 32.7 Å². The summed E-state index contributed by atoms with van der Waals surface area (Å²) in [4.78, 5) is 14.7. The first-order chi connectivity index (χ1) is 9.20. The second-order valence-electron chi connectivity index (χ2n) is 6.02. The number of carbonyl (C=O) groups is 1. The van der Waals surface area contributed by atoms with E-state index in [1.807, 2.05) is 4.90 Å². The normalized spacial score (nSPS) is 27.2. The summed E-state index contributed by atoms with van der Waals surface area (Å²) in [7, 11) is 0. The molecule has 0 aromatic heterocycles. The number of likely N-dealkylation sites (tertiary alicyclic amines) is 1. The van der Waals surface area contributed by atoms with E-state index in [4.69, 9.17) is 0 Å². The van der Waals surface area contributed by atoms with Crippen LogP contribution >= 0.6 is 0 Å². The van der Waals surface area contributed by atoms with Crippen LogP contribution in [0.2, 0.25) is 0 Å². The summed E-state index contributed by atoms with van der Waals surface area (Å²) in [6, 6.07) is 8.50. The number of amides is 1. The van der Waals surface area contributed by atoms with Gasteiger partial charge in [0.05, 0.1) is 5.41 Å². The second-order valence-corrected chi connectivity index (χ2v) is 6.02. The first-order valence-electron chi connectivity index (χ1n) is 7.25. The molecule has 2 fully saturated rings. The van der Waals surface area contributed by atoms with Crippen LogP contribution in [0.1, 0.15) is 30.4 Å². The van der Waals surface area contributed by atoms with Crippen LogP contribution in [0.15, 0.2) is 24.3 Å². The van der Waals surface area contributed by atoms with Crippen LogP contribution in [0.5, 0.6) is 0 Å². The van der Waals surface area contributed by atoms with Crippen molar-refractivity contribution >= 4 is 5.91 Å². The molecule has 0 bridgehead atoms. The van der Waals surface area contributed by atoms with Gasteiger partial charge < -0.3 is 10.2 Å². The lowest BCUT2D eigenvalue weighted by Crippen LogP contribution is -2.45. The van der Waals surface area contributed by atoms with Gasteiger partial charge in [-0.3, -0.25) is 4.79 Å². The van der Waals surface area contributed by atoms with E-state index in [1.54, 1.807) is 0 Å². The van der Waals surface area contributed by atoms with E-state index in [0.29, 0.717) is 5.91 Å². The maximum Gasteiger partial charge on any atom is 0.230 e. The Labute approximate surface area is 115 Å². The minimum atomic E-state index is -0.0943. The third kappa shape index (κ3) is 2.39. The number of piperidine rings is 1. The van der Waals surface area contributed by atoms with Crippen LogP contribution in [-0.4, -0.2) is 30.4 Å². The number of aryl methyl sites for hydroxylation is 1. The topological polar surface area (TPSA) is 32.3 Å². The highest BCUT2D eigenvalue weighted by molar-refractivity contribution is 5.85. The zero-order valence-corrected chi connectivity index (χ0v) is 11.6. The van der Waals surface area contributed by atoms with E-state index >= 15 is 0 Å². The summed E-state index contributed by atoms with van der Waals surface area (Å²) >= 11 is 0. The molecule has 19 heavy (non-hydrogen) atoms. The summed E-state index contributed by atoms with van der Waals surface area (Å²) in [5.41, 5.74) is 2.41. The molecule has 1 atom stereocenters. The summed E-state index contributed by atoms with van der Waals surface area (Å²) in [5.74, 6) is 0.361. The Morgan fingerprint density at radius 3 is 2.74 bits per heavy atom. The van der Waals surface area contributed by atoms with Gasteiger partial charge in [-0.2, -0.15) is 0 Å². The minimum Gasteiger partial charge on any atom is -0.338 e. The van der Waals surface area contributed by atoms with Crippen LogP contribution in [-0.2, 0) is 11.3 Å². The number of nitrogens with one attached hydrogen (secondary N) is 1. The quantitative estimate of drug-likeness (QED) is 0.881. The Bertz CT molecular complexity index is 460. The molecule has 0 aliphatic carbocycles. The summed E-state index contributed by atoms with van der Waals surface area (Å²) in [5, 5.41) is 3.39. The van der Waals surface area contributed by atoms with Crippen LogP contribution in [0, 0.1) is 12.3 Å². The van der Waals surface area contributed by atoms with E-state index in [2.05, 4.69) is 36.5 Å². The predicted molar refractivity (Wildman–Crippen MR) is 75.7 cm³/mol. The lowest BCUT2D eigenvalue weighted by Gasteiger charge is -2.32. The van der Waals surface area contributed by atoms with Gasteiger partial charge in [0.25, 0.3) is 0 Å². The van der Waals surface area contributed by atoms with Gasteiger partial charge in [0.15, 0.2) is 0 Å². The molecule has 2 saturated heterocycles. The standard InChI is InChI=1S/C16H22N2O/c1-13-3-5-14(6-4-13)11-18-10-8-16(15(18)19)7-2-9-17-12-16/h3-6,17H,2,7-12H2,1H3. The molecule has 0 saturated carbocycles. The van der Waals surface area contributed by atoms with Crippen LogP contribution in [0.4, 0.5) is 0 Å². The maximum atomic E-state index is 12.6. The van der Waals surface area contributed by atoms with Crippen LogP contribution in [0.25, 0.3) is 0 Å². The first kappa shape index (κ1) is 12.7. The lowest BCUT2D eigenvalue weighted by atomic mass is 9.79. The fourth-order valence-corrected chi connectivity index (χ4v) is 3.32. The van der Waals surface area contributed by atoms with E-state index in [0.717, 1.165) is 45.4 Å². The van der Waals surface area contributed by atoms with E-state index < -0.39 is 0 Å². The molecule has 102 valence electrons. The minimum absolute atomic E-state index is 0.0943. The van der Waals surface area contributed by atoms with E-state index in [-0.39, 0.29) is 5.41 Å². The van der Waals surface area contributed by atoms with Crippen molar-refractivity contribution in [1.82, 2.24) is 10.2 Å². The molecule has 0 radical (unpaired) electrons. The monoisotopic (exact) mass is 258 g/mol. The van der Waals surface area contributed by atoms with Crippen molar-refractivity contribution in [2.24, 2.45) is 5.41 Å². The Hall–Kier alpha value is -1.35. The fraction of sp³-hybridized carbons (Fsp3) is 0.562. The second kappa shape index (κ2) is 4.97. The number of rotatable bonds is 2. The Morgan fingerprint density at radius 2 is 2.05 bits per heavy atom. The summed E-state index contributed by atoms with van der Waals surface area (Å²) < 4.78 is 0. The Morgan fingerprint density at radius 1 is 1.26 bits per heavy atom. The molecule has 1 aromatic carbocycles. The lowest BCUT2D eigenvalue weighted by molar-refractivity contribution is -0.137. The SMILES string of the molecule is Cc1ccc(CN2CCC3(CCCNC3)C2=O)cc1. The van der Waals surface area contributed by atoms with E-state index in [1.165, 1.54) is 11.1 Å². The summed E-state index contributed by atoms with van der Waals surface area (Å²) in [6.45, 7) is 5.70. The van der Waals surface area contributed by atoms with Crippen LogP contribution in [0.3, 0.4) is 0 Å². The van der Waals surface area contributed by atoms with Gasteiger partial charge in [0, 0.05) is 19.6 Å². The Balaban J connectivity index is 1.70. The largest absolute Gasteiger partial charge is 0.338 e. The number of hydrogen-bond donors (Lipinski definition) is 1. The van der Waals surface area contributed by atoms with Gasteiger partial charge in [0.1, 0.15) is 0 Å². The molecule has 3 nitrogen and oxygen atoms in total. The number of carbonyl (C=O) groups excluding carboxylic acids is 1. The molecule has 2 heterocycles. The Kier molecular flexibility index (Phi) is 3.31. The van der Waals surface area contributed by atoms with Gasteiger partial charge in [-0.25, -0.2) is 0 Å². The van der Waals surface area contributed by atoms with Crippen molar-refractivity contribution in [3.05, 3.63) is 35.4 Å². The maximum absolute atomic E-state index is 12.6. The zero-order chi connectivity index (χ0) is 13.3. The number of nitrogens with zero attached hydrogens (tertiary/aromatic N) is 1. The molecule has 2 aliphatic heterocycles. The first-order valence-corrected chi connectivity index (χ1v) is 7.25. The average molecular weight is 258 g/mol. The van der Waals surface area contributed by atoms with Crippen molar-refractivity contribution in [1.29, 1.82) is 0 Å². The predicted octanol–water partition coefficient (Wildman–Crippen LogP) is 2.10. The molecule has 1 spiro atoms. The van der Waals surface area contributed by atoms with Crippen molar-refractivity contribution in [2.75, 3.05) is 19.6 Å². The highest BCUT2D eigenvalue weighted by atomic mass is 16.2. The zero-order valence-electron chi connectivity index (χ0n) is 11.6. The van der Waals surface area contributed by atoms with Crippen LogP contribution < -0.4 is 5.32 Å². The molecule has 1 unspecified atom stereocenters. The van der Waals surface area contributed by atoms with Gasteiger partial charge in [-0.1, -0.05) is 29.8 Å². The third-order valence-corrected chi connectivity index (χ3v) is 4.57. The molecule has 1 amide bonds. The third-order valence-electron chi connectivity index (χ3n) is 4.57.